The average molecular weight is 298 g/mol. The zero-order valence-electron chi connectivity index (χ0n) is 10.1. The highest BCUT2D eigenvalue weighted by atomic mass is 35.5. The van der Waals surface area contributed by atoms with Gasteiger partial charge in [-0.15, -0.1) is 11.3 Å². The van der Waals surface area contributed by atoms with E-state index in [1.54, 1.807) is 19.1 Å². The Kier molecular flexibility index (Phi) is 4.36. The maximum absolute atomic E-state index is 11.4. The number of aryl methyl sites for hydroxylation is 1. The largest absolute Gasteiger partial charge is 0.485 e. The Balaban J connectivity index is 2.09. The van der Waals surface area contributed by atoms with Crippen LogP contribution < -0.4 is 16.0 Å². The Bertz CT molecular complexity index is 600. The number of nitrogens with two attached hydrogens (primary N) is 1. The van der Waals surface area contributed by atoms with E-state index in [2.05, 4.69) is 10.4 Å². The van der Waals surface area contributed by atoms with Crippen LogP contribution in [0.4, 0.5) is 0 Å². The van der Waals surface area contributed by atoms with Gasteiger partial charge in [-0.25, -0.2) is 10.8 Å². The number of carbonyl (C=O) groups is 1. The third kappa shape index (κ3) is 3.23. The second kappa shape index (κ2) is 6.01. The summed E-state index contributed by atoms with van der Waals surface area (Å²) in [6.07, 6.45) is 0. The molecule has 0 aliphatic carbocycles. The smallest absolute Gasteiger partial charge is 0.277 e. The summed E-state index contributed by atoms with van der Waals surface area (Å²) in [6, 6.07) is 7.18. The van der Waals surface area contributed by atoms with Crippen molar-refractivity contribution < 1.29 is 9.53 Å². The number of para-hydroxylation sites is 1. The molecule has 0 bridgehead atoms. The number of carbonyl (C=O) groups excluding carboxylic acids is 1. The van der Waals surface area contributed by atoms with Crippen molar-refractivity contribution in [3.05, 3.63) is 44.9 Å². The summed E-state index contributed by atoms with van der Waals surface area (Å²) in [5.41, 5.74) is 2.72. The Morgan fingerprint density at radius 1 is 1.53 bits per heavy atom. The molecule has 0 saturated heterocycles. The van der Waals surface area contributed by atoms with Crippen molar-refractivity contribution in [1.29, 1.82) is 0 Å². The Hall–Kier alpha value is -1.63. The maximum atomic E-state index is 11.4. The fourth-order valence-electron chi connectivity index (χ4n) is 1.49. The molecule has 2 rings (SSSR count). The normalized spacial score (nSPS) is 10.3. The number of ether oxygens (including phenoxy) is 1. The fourth-order valence-corrected chi connectivity index (χ4v) is 2.56. The molecule has 0 aliphatic rings. The molecule has 2 aromatic rings. The summed E-state index contributed by atoms with van der Waals surface area (Å²) in [7, 11) is 0. The first-order chi connectivity index (χ1) is 9.11. The molecule has 0 spiro atoms. The van der Waals surface area contributed by atoms with Crippen molar-refractivity contribution in [3.63, 3.8) is 0 Å². The number of halogens is 1. The van der Waals surface area contributed by atoms with Crippen molar-refractivity contribution in [1.82, 2.24) is 10.4 Å². The summed E-state index contributed by atoms with van der Waals surface area (Å²) in [5.74, 6) is 5.33. The molecule has 0 aliphatic heterocycles. The Labute approximate surface area is 119 Å². The number of thiazole rings is 1. The predicted octanol–water partition coefficient (Wildman–Crippen LogP) is 2.29. The minimum absolute atomic E-state index is 0.257. The molecule has 0 saturated carbocycles. The first-order valence-corrected chi connectivity index (χ1v) is 6.66. The van der Waals surface area contributed by atoms with Gasteiger partial charge in [0.2, 0.25) is 0 Å². The van der Waals surface area contributed by atoms with Gasteiger partial charge in [0.15, 0.2) is 0 Å². The number of rotatable bonds is 4. The highest BCUT2D eigenvalue weighted by Gasteiger charge is 2.14. The molecule has 1 amide bonds. The summed E-state index contributed by atoms with van der Waals surface area (Å²) in [6.45, 7) is 2.01. The molecule has 19 heavy (non-hydrogen) atoms. The molecular weight excluding hydrogens is 286 g/mol. The van der Waals surface area contributed by atoms with Crippen molar-refractivity contribution in [2.24, 2.45) is 5.84 Å². The van der Waals surface area contributed by atoms with Crippen LogP contribution in [0.1, 0.15) is 20.4 Å². The Morgan fingerprint density at radius 3 is 2.95 bits per heavy atom. The number of hydrogen-bond acceptors (Lipinski definition) is 5. The minimum Gasteiger partial charge on any atom is -0.485 e. The van der Waals surface area contributed by atoms with Gasteiger partial charge in [0.25, 0.3) is 5.91 Å². The van der Waals surface area contributed by atoms with Crippen LogP contribution in [0.25, 0.3) is 0 Å². The van der Waals surface area contributed by atoms with Crippen molar-refractivity contribution in [2.45, 2.75) is 13.5 Å². The predicted molar refractivity (Wildman–Crippen MR) is 74.3 cm³/mol. The van der Waals surface area contributed by atoms with Crippen LogP contribution >= 0.6 is 22.9 Å². The van der Waals surface area contributed by atoms with E-state index in [0.717, 1.165) is 0 Å². The molecule has 0 unspecified atom stereocenters. The molecular formula is C12H12ClN3O2S. The molecule has 3 N–H and O–H groups in total. The number of nitrogens with zero attached hydrogens (tertiary/aromatic N) is 1. The maximum Gasteiger partial charge on any atom is 0.277 e. The second-order valence-electron chi connectivity index (χ2n) is 3.71. The molecule has 1 heterocycles. The van der Waals surface area contributed by atoms with Crippen LogP contribution in [-0.4, -0.2) is 10.9 Å². The lowest BCUT2D eigenvalue weighted by atomic mass is 10.3. The van der Waals surface area contributed by atoms with E-state index < -0.39 is 0 Å². The van der Waals surface area contributed by atoms with E-state index in [9.17, 15) is 4.79 Å². The summed E-state index contributed by atoms with van der Waals surface area (Å²) < 4.78 is 5.56. The van der Waals surface area contributed by atoms with Crippen LogP contribution in [0.5, 0.6) is 5.75 Å². The molecule has 100 valence electrons. The highest BCUT2D eigenvalue weighted by molar-refractivity contribution is 7.13. The van der Waals surface area contributed by atoms with Gasteiger partial charge in [0.05, 0.1) is 10.7 Å². The van der Waals surface area contributed by atoms with E-state index in [-0.39, 0.29) is 12.5 Å². The van der Waals surface area contributed by atoms with Crippen LogP contribution in [0.2, 0.25) is 5.02 Å². The highest BCUT2D eigenvalue weighted by Crippen LogP contribution is 2.25. The number of benzene rings is 1. The molecule has 0 atom stereocenters. The number of nitrogen functional groups attached to an aromatic ring is 1. The Morgan fingerprint density at radius 2 is 2.26 bits per heavy atom. The van der Waals surface area contributed by atoms with Crippen LogP contribution in [0.15, 0.2) is 24.3 Å². The number of amides is 1. The lowest BCUT2D eigenvalue weighted by Crippen LogP contribution is -2.29. The summed E-state index contributed by atoms with van der Waals surface area (Å²) >= 11 is 7.22. The topological polar surface area (TPSA) is 77.2 Å². The van der Waals surface area contributed by atoms with Crippen molar-refractivity contribution >= 4 is 28.8 Å². The minimum atomic E-state index is -0.348. The molecule has 1 aromatic carbocycles. The van der Waals surface area contributed by atoms with Gasteiger partial charge in [0.1, 0.15) is 22.2 Å². The molecule has 0 radical (unpaired) electrons. The summed E-state index contributed by atoms with van der Waals surface area (Å²) in [4.78, 5) is 16.2. The van der Waals surface area contributed by atoms with Gasteiger partial charge in [-0.1, -0.05) is 23.7 Å². The van der Waals surface area contributed by atoms with Crippen LogP contribution in [-0.2, 0) is 6.61 Å². The molecule has 7 heteroatoms. The van der Waals surface area contributed by atoms with Crippen molar-refractivity contribution in [2.75, 3.05) is 0 Å². The van der Waals surface area contributed by atoms with Gasteiger partial charge in [-0.05, 0) is 19.1 Å². The molecule has 5 nitrogen and oxygen atoms in total. The van der Waals surface area contributed by atoms with Gasteiger partial charge < -0.3 is 4.74 Å². The standard InChI is InChI=1S/C12H12ClN3O2S/c1-7-11(12(17)16-14)19-10(15-7)6-18-9-5-3-2-4-8(9)13/h2-5H,6,14H2,1H3,(H,16,17). The molecule has 1 aromatic heterocycles. The molecule has 0 fully saturated rings. The van der Waals surface area contributed by atoms with E-state index >= 15 is 0 Å². The first kappa shape index (κ1) is 13.8. The number of nitrogens with one attached hydrogen (secondary N) is 1. The van der Waals surface area contributed by atoms with Crippen LogP contribution in [0.3, 0.4) is 0 Å². The number of hydrazine groups is 1. The monoisotopic (exact) mass is 297 g/mol. The summed E-state index contributed by atoms with van der Waals surface area (Å²) in [5, 5.41) is 1.23. The number of hydrogen-bond donors (Lipinski definition) is 2. The van der Waals surface area contributed by atoms with Crippen LogP contribution in [0, 0.1) is 6.92 Å². The number of aromatic nitrogens is 1. The first-order valence-electron chi connectivity index (χ1n) is 5.46. The van der Waals surface area contributed by atoms with E-state index in [4.69, 9.17) is 22.2 Å². The lowest BCUT2D eigenvalue weighted by Gasteiger charge is -2.05. The van der Waals surface area contributed by atoms with Gasteiger partial charge in [-0.2, -0.15) is 0 Å². The second-order valence-corrected chi connectivity index (χ2v) is 5.21. The average Bonchev–Trinajstić information content (AvgIpc) is 2.78. The van der Waals surface area contributed by atoms with E-state index in [1.165, 1.54) is 11.3 Å². The third-order valence-corrected chi connectivity index (χ3v) is 3.81. The zero-order valence-corrected chi connectivity index (χ0v) is 11.7. The van der Waals surface area contributed by atoms with Gasteiger partial charge >= 0.3 is 0 Å². The van der Waals surface area contributed by atoms with Crippen molar-refractivity contribution in [3.8, 4) is 5.75 Å². The lowest BCUT2D eigenvalue weighted by molar-refractivity contribution is 0.0957. The third-order valence-electron chi connectivity index (χ3n) is 2.37. The van der Waals surface area contributed by atoms with Gasteiger partial charge in [0, 0.05) is 0 Å². The quantitative estimate of drug-likeness (QED) is 0.516. The zero-order chi connectivity index (χ0) is 13.8. The van der Waals surface area contributed by atoms with Gasteiger partial charge in [-0.3, -0.25) is 10.2 Å². The SMILES string of the molecule is Cc1nc(COc2ccccc2Cl)sc1C(=O)NN. The van der Waals surface area contributed by atoms with E-state index in [1.807, 2.05) is 12.1 Å². The fraction of sp³-hybridized carbons (Fsp3) is 0.167. The van der Waals surface area contributed by atoms with E-state index in [0.29, 0.717) is 26.4 Å².